The van der Waals surface area contributed by atoms with Crippen molar-refractivity contribution >= 4 is 18.0 Å². The molecule has 0 atom stereocenters. The van der Waals surface area contributed by atoms with Gasteiger partial charge in [0.05, 0.1) is 12.0 Å². The predicted molar refractivity (Wildman–Crippen MR) is 95.0 cm³/mol. The highest BCUT2D eigenvalue weighted by Gasteiger charge is 2.06. The normalized spacial score (nSPS) is 12.5. The third-order valence-corrected chi connectivity index (χ3v) is 3.56. The van der Waals surface area contributed by atoms with Crippen LogP contribution >= 0.6 is 11.8 Å². The molecule has 0 aliphatic rings. The zero-order valence-corrected chi connectivity index (χ0v) is 14.0. The molecule has 1 aromatic rings. The number of rotatable bonds is 8. The van der Waals surface area contributed by atoms with E-state index in [0.717, 1.165) is 21.1 Å². The van der Waals surface area contributed by atoms with Crippen LogP contribution in [-0.2, 0) is 11.3 Å². The second kappa shape index (κ2) is 9.73. The molecule has 22 heavy (non-hydrogen) atoms. The number of hydrogen-bond donors (Lipinski definition) is 1. The monoisotopic (exact) mass is 318 g/mol. The molecule has 1 aromatic carbocycles. The summed E-state index contributed by atoms with van der Waals surface area (Å²) < 4.78 is 10.8. The summed E-state index contributed by atoms with van der Waals surface area (Å²) in [4.78, 5) is 5.61. The molecular weight excluding hydrogens is 296 g/mol. The van der Waals surface area contributed by atoms with Crippen LogP contribution in [0.25, 0.3) is 0 Å². The minimum Gasteiger partial charge on any atom is -0.497 e. The largest absolute Gasteiger partial charge is 0.497 e. The first-order chi connectivity index (χ1) is 10.6. The SMILES string of the molecule is C=C(/C=C\C)SC(C=NC)=C(N)OCc1ccc(OC)cc1. The molecule has 0 aliphatic heterocycles. The van der Waals surface area contributed by atoms with E-state index in [2.05, 4.69) is 11.6 Å². The number of benzene rings is 1. The molecule has 0 unspecified atom stereocenters. The van der Waals surface area contributed by atoms with Crippen molar-refractivity contribution in [2.24, 2.45) is 10.7 Å². The van der Waals surface area contributed by atoms with Gasteiger partial charge in [0.15, 0.2) is 5.88 Å². The molecule has 0 saturated carbocycles. The van der Waals surface area contributed by atoms with Crippen molar-refractivity contribution in [3.63, 3.8) is 0 Å². The van der Waals surface area contributed by atoms with Crippen LogP contribution in [0.15, 0.2) is 63.7 Å². The summed E-state index contributed by atoms with van der Waals surface area (Å²) in [6.07, 6.45) is 5.50. The summed E-state index contributed by atoms with van der Waals surface area (Å²) in [5.41, 5.74) is 7.02. The van der Waals surface area contributed by atoms with Crippen LogP contribution in [0.1, 0.15) is 12.5 Å². The lowest BCUT2D eigenvalue weighted by Crippen LogP contribution is -2.07. The summed E-state index contributed by atoms with van der Waals surface area (Å²) >= 11 is 1.42. The van der Waals surface area contributed by atoms with Crippen LogP contribution in [-0.4, -0.2) is 20.4 Å². The van der Waals surface area contributed by atoms with E-state index in [4.69, 9.17) is 15.2 Å². The summed E-state index contributed by atoms with van der Waals surface area (Å²) in [5.74, 6) is 1.14. The molecule has 4 nitrogen and oxygen atoms in total. The molecule has 118 valence electrons. The van der Waals surface area contributed by atoms with Gasteiger partial charge in [-0.25, -0.2) is 0 Å². The quantitative estimate of drug-likeness (QED) is 0.449. The molecule has 2 N–H and O–H groups in total. The Labute approximate surface area is 136 Å². The molecule has 0 radical (unpaired) electrons. The Morgan fingerprint density at radius 2 is 2.05 bits per heavy atom. The predicted octanol–water partition coefficient (Wildman–Crippen LogP) is 3.86. The van der Waals surface area contributed by atoms with Gasteiger partial charge in [0.2, 0.25) is 0 Å². The molecule has 1 rings (SSSR count). The van der Waals surface area contributed by atoms with Crippen molar-refractivity contribution < 1.29 is 9.47 Å². The molecule has 5 heteroatoms. The van der Waals surface area contributed by atoms with Crippen LogP contribution in [0.4, 0.5) is 0 Å². The zero-order valence-electron chi connectivity index (χ0n) is 13.2. The van der Waals surface area contributed by atoms with Crippen molar-refractivity contribution in [1.29, 1.82) is 0 Å². The number of nitrogens with two attached hydrogens (primary N) is 1. The van der Waals surface area contributed by atoms with Gasteiger partial charge in [-0.3, -0.25) is 4.99 Å². The number of hydrogen-bond acceptors (Lipinski definition) is 5. The Hall–Kier alpha value is -2.14. The average molecular weight is 318 g/mol. The lowest BCUT2D eigenvalue weighted by atomic mass is 10.2. The Morgan fingerprint density at radius 1 is 1.36 bits per heavy atom. The molecular formula is C17H22N2O2S. The lowest BCUT2D eigenvalue weighted by Gasteiger charge is -2.10. The van der Waals surface area contributed by atoms with Gasteiger partial charge in [0.25, 0.3) is 0 Å². The first-order valence-corrected chi connectivity index (χ1v) is 7.59. The van der Waals surface area contributed by atoms with E-state index in [-0.39, 0.29) is 0 Å². The first-order valence-electron chi connectivity index (χ1n) is 6.77. The molecule has 0 fully saturated rings. The minimum atomic E-state index is 0.331. The summed E-state index contributed by atoms with van der Waals surface area (Å²) in [7, 11) is 3.33. The summed E-state index contributed by atoms with van der Waals surface area (Å²) in [5, 5.41) is 0. The molecule has 0 saturated heterocycles. The third kappa shape index (κ3) is 6.10. The van der Waals surface area contributed by atoms with Gasteiger partial charge < -0.3 is 15.2 Å². The molecule has 0 spiro atoms. The lowest BCUT2D eigenvalue weighted by molar-refractivity contribution is 0.196. The van der Waals surface area contributed by atoms with Gasteiger partial charge in [-0.2, -0.15) is 0 Å². The van der Waals surface area contributed by atoms with Crippen LogP contribution in [0.2, 0.25) is 0 Å². The molecule has 0 bridgehead atoms. The number of methoxy groups -OCH3 is 1. The molecule has 0 amide bonds. The topological polar surface area (TPSA) is 56.8 Å². The highest BCUT2D eigenvalue weighted by Crippen LogP contribution is 2.26. The second-order valence-electron chi connectivity index (χ2n) is 4.32. The van der Waals surface area contributed by atoms with Crippen molar-refractivity contribution in [2.75, 3.05) is 14.2 Å². The number of nitrogens with zero attached hydrogens (tertiary/aromatic N) is 1. The van der Waals surface area contributed by atoms with Gasteiger partial charge in [-0.1, -0.05) is 42.6 Å². The van der Waals surface area contributed by atoms with Crippen molar-refractivity contribution in [3.8, 4) is 5.75 Å². The van der Waals surface area contributed by atoms with Gasteiger partial charge >= 0.3 is 0 Å². The van der Waals surface area contributed by atoms with Crippen LogP contribution in [0.5, 0.6) is 5.75 Å². The summed E-state index contributed by atoms with van der Waals surface area (Å²) in [6.45, 7) is 6.26. The van der Waals surface area contributed by atoms with Crippen LogP contribution < -0.4 is 10.5 Å². The Kier molecular flexibility index (Phi) is 7.92. The zero-order chi connectivity index (χ0) is 16.4. The van der Waals surface area contributed by atoms with Gasteiger partial charge in [-0.15, -0.1) is 0 Å². The third-order valence-electron chi connectivity index (χ3n) is 2.64. The summed E-state index contributed by atoms with van der Waals surface area (Å²) in [6, 6.07) is 7.64. The van der Waals surface area contributed by atoms with E-state index >= 15 is 0 Å². The van der Waals surface area contributed by atoms with Gasteiger partial charge in [-0.05, 0) is 24.6 Å². The Bertz CT molecular complexity index is 575. The highest BCUT2D eigenvalue weighted by molar-refractivity contribution is 8.07. The van der Waals surface area contributed by atoms with E-state index in [1.165, 1.54) is 11.8 Å². The van der Waals surface area contributed by atoms with Crippen LogP contribution in [0.3, 0.4) is 0 Å². The van der Waals surface area contributed by atoms with Crippen LogP contribution in [0, 0.1) is 0 Å². The fourth-order valence-electron chi connectivity index (χ4n) is 1.57. The number of thioether (sulfide) groups is 1. The smallest absolute Gasteiger partial charge is 0.200 e. The highest BCUT2D eigenvalue weighted by atomic mass is 32.2. The molecule has 0 aromatic heterocycles. The molecule has 0 heterocycles. The van der Waals surface area contributed by atoms with Gasteiger partial charge in [0, 0.05) is 18.2 Å². The Balaban J connectivity index is 2.74. The van der Waals surface area contributed by atoms with E-state index in [1.807, 2.05) is 43.3 Å². The fraction of sp³-hybridized carbons (Fsp3) is 0.235. The van der Waals surface area contributed by atoms with E-state index < -0.39 is 0 Å². The van der Waals surface area contributed by atoms with Crippen molar-refractivity contribution in [3.05, 3.63) is 64.3 Å². The average Bonchev–Trinajstić information content (AvgIpc) is 2.53. The second-order valence-corrected chi connectivity index (χ2v) is 5.49. The number of allylic oxidation sites excluding steroid dienone is 3. The van der Waals surface area contributed by atoms with Gasteiger partial charge in [0.1, 0.15) is 12.4 Å². The standard InChI is InChI=1S/C17H22N2O2S/c1-5-6-13(2)22-16(11-19-3)17(18)21-12-14-7-9-15(20-4)10-8-14/h5-11H,2,12,18H2,1,3-4H3/b6-5-,17-16?,19-11?. The molecule has 0 aliphatic carbocycles. The van der Waals surface area contributed by atoms with Crippen molar-refractivity contribution in [2.45, 2.75) is 13.5 Å². The maximum Gasteiger partial charge on any atom is 0.200 e. The first kappa shape index (κ1) is 17.9. The van der Waals surface area contributed by atoms with Crippen molar-refractivity contribution in [1.82, 2.24) is 0 Å². The van der Waals surface area contributed by atoms with E-state index in [0.29, 0.717) is 12.5 Å². The van der Waals surface area contributed by atoms with E-state index in [9.17, 15) is 0 Å². The number of aliphatic imine (C=N–C) groups is 1. The Morgan fingerprint density at radius 3 is 2.59 bits per heavy atom. The van der Waals surface area contributed by atoms with E-state index in [1.54, 1.807) is 20.4 Å². The minimum absolute atomic E-state index is 0.331. The maximum atomic E-state index is 6.01. The number of ether oxygens (including phenoxy) is 2. The maximum absolute atomic E-state index is 6.01. The fourth-order valence-corrected chi connectivity index (χ4v) is 2.38.